The number of halogens is 2. The maximum atomic E-state index is 13.5. The van der Waals surface area contributed by atoms with Crippen molar-refractivity contribution in [1.82, 2.24) is 4.31 Å². The number of sulfonamides is 1. The highest BCUT2D eigenvalue weighted by Gasteiger charge is 2.33. The molecule has 6 heteroatoms. The van der Waals surface area contributed by atoms with Gasteiger partial charge in [0.05, 0.1) is 5.75 Å². The van der Waals surface area contributed by atoms with Crippen LogP contribution >= 0.6 is 15.9 Å². The summed E-state index contributed by atoms with van der Waals surface area (Å²) in [4.78, 5) is 0. The van der Waals surface area contributed by atoms with E-state index in [-0.39, 0.29) is 24.0 Å². The normalized spacial score (nSPS) is 24.1. The molecule has 17 heavy (non-hydrogen) atoms. The van der Waals surface area contributed by atoms with Crippen LogP contribution in [0.1, 0.15) is 12.5 Å². The van der Waals surface area contributed by atoms with Crippen molar-refractivity contribution in [1.29, 1.82) is 0 Å². The molecule has 94 valence electrons. The smallest absolute Gasteiger partial charge is 0.212 e. The first kappa shape index (κ1) is 13.0. The molecule has 0 N–H and O–H groups in total. The van der Waals surface area contributed by atoms with Gasteiger partial charge in [-0.15, -0.1) is 0 Å². The molecule has 0 radical (unpaired) electrons. The summed E-state index contributed by atoms with van der Waals surface area (Å²) in [6.45, 7) is 2.46. The molecule has 1 atom stereocenters. The van der Waals surface area contributed by atoms with E-state index in [9.17, 15) is 12.8 Å². The van der Waals surface area contributed by atoms with Crippen LogP contribution in [0.4, 0.5) is 4.39 Å². The Balaban J connectivity index is 2.24. The zero-order valence-corrected chi connectivity index (χ0v) is 11.8. The Labute approximate surface area is 109 Å². The number of rotatable bonds is 2. The second-order valence-corrected chi connectivity index (χ2v) is 7.34. The number of hydrogen-bond donors (Lipinski definition) is 0. The fourth-order valence-electron chi connectivity index (χ4n) is 2.00. The summed E-state index contributed by atoms with van der Waals surface area (Å²) < 4.78 is 39.2. The van der Waals surface area contributed by atoms with Gasteiger partial charge in [0.2, 0.25) is 10.0 Å². The third-order valence-electron chi connectivity index (χ3n) is 2.76. The lowest BCUT2D eigenvalue weighted by Crippen LogP contribution is -2.25. The monoisotopic (exact) mass is 321 g/mol. The van der Waals surface area contributed by atoms with Gasteiger partial charge in [-0.2, -0.15) is 4.31 Å². The van der Waals surface area contributed by atoms with Gasteiger partial charge in [0.1, 0.15) is 5.82 Å². The largest absolute Gasteiger partial charge is 0.214 e. The Morgan fingerprint density at radius 2 is 2.24 bits per heavy atom. The third-order valence-corrected chi connectivity index (χ3v) is 5.31. The number of hydrogen-bond acceptors (Lipinski definition) is 2. The second-order valence-electron chi connectivity index (χ2n) is 4.41. The van der Waals surface area contributed by atoms with Crippen molar-refractivity contribution in [3.63, 3.8) is 0 Å². The van der Waals surface area contributed by atoms with Gasteiger partial charge in [0.25, 0.3) is 0 Å². The summed E-state index contributed by atoms with van der Waals surface area (Å²) in [5.74, 6) is -0.110. The van der Waals surface area contributed by atoms with Gasteiger partial charge in [0, 0.05) is 23.1 Å². The highest BCUT2D eigenvalue weighted by Crippen LogP contribution is 2.24. The first-order valence-corrected chi connectivity index (χ1v) is 7.70. The van der Waals surface area contributed by atoms with Gasteiger partial charge in [-0.1, -0.05) is 22.9 Å². The van der Waals surface area contributed by atoms with Crippen molar-refractivity contribution < 1.29 is 12.8 Å². The van der Waals surface area contributed by atoms with Gasteiger partial charge in [-0.05, 0) is 24.1 Å². The Kier molecular flexibility index (Phi) is 3.56. The average molecular weight is 322 g/mol. The molecular weight excluding hydrogens is 309 g/mol. The highest BCUT2D eigenvalue weighted by atomic mass is 79.9. The van der Waals surface area contributed by atoms with Crippen LogP contribution in [-0.2, 0) is 16.6 Å². The average Bonchev–Trinajstić information content (AvgIpc) is 2.46. The maximum absolute atomic E-state index is 13.5. The Morgan fingerprint density at radius 1 is 1.53 bits per heavy atom. The van der Waals surface area contributed by atoms with E-state index in [0.29, 0.717) is 12.1 Å². The molecule has 0 bridgehead atoms. The molecule has 3 nitrogen and oxygen atoms in total. The maximum Gasteiger partial charge on any atom is 0.214 e. The van der Waals surface area contributed by atoms with Crippen LogP contribution in [0.25, 0.3) is 0 Å². The zero-order valence-electron chi connectivity index (χ0n) is 9.36. The molecule has 1 fully saturated rings. The van der Waals surface area contributed by atoms with E-state index in [2.05, 4.69) is 15.9 Å². The van der Waals surface area contributed by atoms with Crippen molar-refractivity contribution in [2.45, 2.75) is 13.5 Å². The molecule has 1 heterocycles. The number of benzene rings is 1. The first-order valence-electron chi connectivity index (χ1n) is 5.30. The molecule has 0 amide bonds. The Morgan fingerprint density at radius 3 is 2.82 bits per heavy atom. The van der Waals surface area contributed by atoms with E-state index < -0.39 is 10.0 Å². The van der Waals surface area contributed by atoms with Crippen LogP contribution in [0.3, 0.4) is 0 Å². The van der Waals surface area contributed by atoms with Crippen LogP contribution in [0.15, 0.2) is 22.7 Å². The second kappa shape index (κ2) is 4.66. The van der Waals surface area contributed by atoms with Crippen molar-refractivity contribution >= 4 is 26.0 Å². The Bertz CT molecular complexity index is 532. The van der Waals surface area contributed by atoms with Crippen molar-refractivity contribution in [2.75, 3.05) is 12.3 Å². The van der Waals surface area contributed by atoms with Crippen molar-refractivity contribution in [2.24, 2.45) is 5.92 Å². The van der Waals surface area contributed by atoms with E-state index in [1.165, 1.54) is 10.4 Å². The van der Waals surface area contributed by atoms with Crippen LogP contribution in [0, 0.1) is 11.7 Å². The van der Waals surface area contributed by atoms with Gasteiger partial charge in [-0.25, -0.2) is 12.8 Å². The first-order chi connectivity index (χ1) is 7.88. The molecule has 0 aromatic heterocycles. The SMILES string of the molecule is CC1CN(Cc2cc(Br)ccc2F)S(=O)(=O)C1. The van der Waals surface area contributed by atoms with E-state index >= 15 is 0 Å². The molecule has 1 saturated heterocycles. The van der Waals surface area contributed by atoms with Gasteiger partial charge < -0.3 is 0 Å². The lowest BCUT2D eigenvalue weighted by Gasteiger charge is -2.15. The summed E-state index contributed by atoms with van der Waals surface area (Å²) in [6, 6.07) is 4.55. The topological polar surface area (TPSA) is 37.4 Å². The molecule has 0 saturated carbocycles. The molecule has 2 rings (SSSR count). The molecule has 0 aliphatic carbocycles. The molecule has 1 aromatic carbocycles. The fraction of sp³-hybridized carbons (Fsp3) is 0.455. The fourth-order valence-corrected chi connectivity index (χ4v) is 4.26. The van der Waals surface area contributed by atoms with E-state index in [0.717, 1.165) is 4.47 Å². The van der Waals surface area contributed by atoms with E-state index in [1.54, 1.807) is 12.1 Å². The third kappa shape index (κ3) is 2.86. The molecular formula is C11H13BrFNO2S. The minimum atomic E-state index is -3.21. The van der Waals surface area contributed by atoms with Crippen LogP contribution in [0.2, 0.25) is 0 Å². The predicted octanol–water partition coefficient (Wildman–Crippen LogP) is 2.37. The highest BCUT2D eigenvalue weighted by molar-refractivity contribution is 9.10. The zero-order chi connectivity index (χ0) is 12.6. The minimum absolute atomic E-state index is 0.107. The molecule has 0 spiro atoms. The summed E-state index contributed by atoms with van der Waals surface area (Å²) in [7, 11) is -3.21. The van der Waals surface area contributed by atoms with Gasteiger partial charge in [-0.3, -0.25) is 0 Å². The number of nitrogens with zero attached hydrogens (tertiary/aromatic N) is 1. The van der Waals surface area contributed by atoms with Gasteiger partial charge in [0.15, 0.2) is 0 Å². The lowest BCUT2D eigenvalue weighted by molar-refractivity contribution is 0.401. The summed E-state index contributed by atoms with van der Waals surface area (Å²) in [5.41, 5.74) is 0.400. The Hall–Kier alpha value is -0.460. The van der Waals surface area contributed by atoms with E-state index in [1.807, 2.05) is 6.92 Å². The van der Waals surface area contributed by atoms with Crippen LogP contribution in [-0.4, -0.2) is 25.0 Å². The quantitative estimate of drug-likeness (QED) is 0.838. The van der Waals surface area contributed by atoms with Crippen LogP contribution in [0.5, 0.6) is 0 Å². The van der Waals surface area contributed by atoms with E-state index in [4.69, 9.17) is 0 Å². The van der Waals surface area contributed by atoms with Gasteiger partial charge >= 0.3 is 0 Å². The van der Waals surface area contributed by atoms with Crippen LogP contribution < -0.4 is 0 Å². The standard InChI is InChI=1S/C11H13BrFNO2S/c1-8-5-14(17(15,16)7-8)6-9-4-10(12)2-3-11(9)13/h2-4,8H,5-7H2,1H3. The molecule has 1 unspecified atom stereocenters. The molecule has 1 aliphatic rings. The minimum Gasteiger partial charge on any atom is -0.212 e. The molecule has 1 aromatic rings. The van der Waals surface area contributed by atoms with Crippen molar-refractivity contribution in [3.8, 4) is 0 Å². The summed E-state index contributed by atoms with van der Waals surface area (Å²) in [5, 5.41) is 0. The lowest BCUT2D eigenvalue weighted by atomic mass is 10.2. The summed E-state index contributed by atoms with van der Waals surface area (Å²) in [6.07, 6.45) is 0. The predicted molar refractivity (Wildman–Crippen MR) is 67.5 cm³/mol. The molecule has 1 aliphatic heterocycles. The van der Waals surface area contributed by atoms with Crippen molar-refractivity contribution in [3.05, 3.63) is 34.1 Å². The summed E-state index contributed by atoms with van der Waals surface area (Å²) >= 11 is 3.25.